The summed E-state index contributed by atoms with van der Waals surface area (Å²) in [7, 11) is 4.09. The van der Waals surface area contributed by atoms with Gasteiger partial charge in [0.15, 0.2) is 0 Å². The summed E-state index contributed by atoms with van der Waals surface area (Å²) < 4.78 is 0. The molecule has 7 nitrogen and oxygen atoms in total. The van der Waals surface area contributed by atoms with Crippen LogP contribution in [0.5, 0.6) is 0 Å². The molecule has 8 heteroatoms. The van der Waals surface area contributed by atoms with Gasteiger partial charge in [-0.05, 0) is 44.8 Å². The molecule has 4 rings (SSSR count). The first-order chi connectivity index (χ1) is 14.9. The van der Waals surface area contributed by atoms with Crippen LogP contribution in [0.2, 0.25) is 5.02 Å². The number of piperazine rings is 1. The molecule has 2 aromatic heterocycles. The zero-order chi connectivity index (χ0) is 22.0. The van der Waals surface area contributed by atoms with E-state index in [0.717, 1.165) is 36.7 Å². The third-order valence-corrected chi connectivity index (χ3v) is 5.62. The van der Waals surface area contributed by atoms with E-state index in [1.165, 1.54) is 5.56 Å². The van der Waals surface area contributed by atoms with Crippen LogP contribution in [-0.4, -0.2) is 70.9 Å². The van der Waals surface area contributed by atoms with Gasteiger partial charge in [0, 0.05) is 55.2 Å². The molecule has 1 N–H and O–H groups in total. The Balaban J connectivity index is 1.40. The van der Waals surface area contributed by atoms with E-state index in [1.807, 2.05) is 56.4 Å². The Morgan fingerprint density at radius 3 is 2.58 bits per heavy atom. The minimum atomic E-state index is -0.0454. The monoisotopic (exact) mass is 438 g/mol. The molecule has 0 atom stereocenters. The molecule has 0 spiro atoms. The van der Waals surface area contributed by atoms with Crippen LogP contribution in [0.1, 0.15) is 21.7 Å². The summed E-state index contributed by atoms with van der Waals surface area (Å²) in [4.78, 5) is 31.7. The van der Waals surface area contributed by atoms with E-state index in [4.69, 9.17) is 11.6 Å². The lowest BCUT2D eigenvalue weighted by atomic mass is 10.2. The highest BCUT2D eigenvalue weighted by Crippen LogP contribution is 2.23. The fraction of sp³-hybridized carbons (Fsp3) is 0.348. The molecular formula is C23H27ClN6O. The van der Waals surface area contributed by atoms with Crippen molar-refractivity contribution in [1.29, 1.82) is 0 Å². The molecule has 0 unspecified atom stereocenters. The molecule has 1 amide bonds. The van der Waals surface area contributed by atoms with E-state index in [0.29, 0.717) is 29.6 Å². The minimum Gasteiger partial charge on any atom is -0.353 e. The van der Waals surface area contributed by atoms with E-state index in [9.17, 15) is 4.79 Å². The average Bonchev–Trinajstić information content (AvgIpc) is 3.15. The summed E-state index contributed by atoms with van der Waals surface area (Å²) in [6.07, 6.45) is 1.93. The minimum absolute atomic E-state index is 0.0454. The van der Waals surface area contributed by atoms with Crippen LogP contribution < -0.4 is 4.90 Å². The van der Waals surface area contributed by atoms with Gasteiger partial charge in [-0.25, -0.2) is 9.97 Å². The number of nitrogens with one attached hydrogen (secondary N) is 1. The third kappa shape index (κ3) is 4.89. The highest BCUT2D eigenvalue weighted by molar-refractivity contribution is 6.30. The van der Waals surface area contributed by atoms with Crippen molar-refractivity contribution in [2.24, 2.45) is 0 Å². The number of rotatable bonds is 5. The smallest absolute Gasteiger partial charge is 0.274 e. The van der Waals surface area contributed by atoms with Crippen LogP contribution in [0.3, 0.4) is 0 Å². The lowest BCUT2D eigenvalue weighted by molar-refractivity contribution is 0.0740. The Hall–Kier alpha value is -2.90. The maximum Gasteiger partial charge on any atom is 0.274 e. The highest BCUT2D eigenvalue weighted by Gasteiger charge is 2.26. The average molecular weight is 439 g/mol. The van der Waals surface area contributed by atoms with Gasteiger partial charge in [-0.2, -0.15) is 0 Å². The molecule has 31 heavy (non-hydrogen) atoms. The van der Waals surface area contributed by atoms with Crippen molar-refractivity contribution in [1.82, 2.24) is 24.8 Å². The quantitative estimate of drug-likeness (QED) is 0.660. The number of aromatic amines is 1. The number of benzene rings is 1. The van der Waals surface area contributed by atoms with Crippen LogP contribution in [0, 0.1) is 6.92 Å². The van der Waals surface area contributed by atoms with E-state index in [1.54, 1.807) is 0 Å². The van der Waals surface area contributed by atoms with Gasteiger partial charge < -0.3 is 19.7 Å². The first-order valence-electron chi connectivity index (χ1n) is 10.4. The van der Waals surface area contributed by atoms with Gasteiger partial charge in [0.2, 0.25) is 0 Å². The molecule has 1 fully saturated rings. The van der Waals surface area contributed by atoms with E-state index in [2.05, 4.69) is 36.9 Å². The highest BCUT2D eigenvalue weighted by atomic mass is 35.5. The molecule has 1 aliphatic rings. The summed E-state index contributed by atoms with van der Waals surface area (Å²) in [6, 6.07) is 11.6. The van der Waals surface area contributed by atoms with E-state index in [-0.39, 0.29) is 5.91 Å². The Kier molecular flexibility index (Phi) is 6.25. The lowest BCUT2D eigenvalue weighted by Crippen LogP contribution is -2.49. The van der Waals surface area contributed by atoms with Gasteiger partial charge in [-0.15, -0.1) is 0 Å². The number of imidazole rings is 1. The number of pyridine rings is 1. The summed E-state index contributed by atoms with van der Waals surface area (Å²) >= 11 is 6.09. The van der Waals surface area contributed by atoms with Gasteiger partial charge in [0.1, 0.15) is 17.3 Å². The lowest BCUT2D eigenvalue weighted by Gasteiger charge is -2.35. The number of nitrogens with zero attached hydrogens (tertiary/aromatic N) is 5. The summed E-state index contributed by atoms with van der Waals surface area (Å²) in [5.41, 5.74) is 3.28. The summed E-state index contributed by atoms with van der Waals surface area (Å²) in [6.45, 7) is 5.52. The fourth-order valence-electron chi connectivity index (χ4n) is 3.79. The predicted octanol–water partition coefficient (Wildman–Crippen LogP) is 3.46. The van der Waals surface area contributed by atoms with Crippen molar-refractivity contribution in [3.05, 3.63) is 64.6 Å². The van der Waals surface area contributed by atoms with E-state index < -0.39 is 0 Å². The number of halogens is 1. The van der Waals surface area contributed by atoms with Crippen molar-refractivity contribution in [2.75, 3.05) is 45.2 Å². The number of H-pyrrole nitrogens is 1. The molecule has 3 aromatic rings. The standard InChI is InChI=1S/C23H27ClN6O/c1-16-21(27-22(26-16)18-5-4-6-19(24)13-18)23(31)30-11-9-29(10-12-30)20-8-7-17(14-25-20)15-28(2)3/h4-8,13-14H,9-12,15H2,1-3H3,(H,26,27). The van der Waals surface area contributed by atoms with Gasteiger partial charge in [-0.3, -0.25) is 4.79 Å². The second kappa shape index (κ2) is 9.08. The number of carbonyl (C=O) groups excluding carboxylic acids is 1. The van der Waals surface area contributed by atoms with Crippen molar-refractivity contribution in [3.63, 3.8) is 0 Å². The Morgan fingerprint density at radius 1 is 1.16 bits per heavy atom. The topological polar surface area (TPSA) is 68.4 Å². The molecule has 3 heterocycles. The second-order valence-electron chi connectivity index (χ2n) is 8.11. The third-order valence-electron chi connectivity index (χ3n) is 5.38. The van der Waals surface area contributed by atoms with Crippen LogP contribution in [0.4, 0.5) is 5.82 Å². The Labute approximate surface area is 187 Å². The molecule has 0 bridgehead atoms. The Morgan fingerprint density at radius 2 is 1.94 bits per heavy atom. The first kappa shape index (κ1) is 21.3. The van der Waals surface area contributed by atoms with Crippen LogP contribution in [0.15, 0.2) is 42.6 Å². The fourth-order valence-corrected chi connectivity index (χ4v) is 3.98. The van der Waals surface area contributed by atoms with Gasteiger partial charge >= 0.3 is 0 Å². The van der Waals surface area contributed by atoms with E-state index >= 15 is 0 Å². The number of aromatic nitrogens is 3. The molecule has 0 radical (unpaired) electrons. The van der Waals surface area contributed by atoms with Crippen molar-refractivity contribution >= 4 is 23.3 Å². The Bertz CT molecular complexity index is 1050. The van der Waals surface area contributed by atoms with Crippen LogP contribution in [-0.2, 0) is 6.54 Å². The summed E-state index contributed by atoms with van der Waals surface area (Å²) in [5, 5.41) is 0.638. The largest absolute Gasteiger partial charge is 0.353 e. The zero-order valence-corrected chi connectivity index (χ0v) is 18.9. The SMILES string of the molecule is Cc1[nH]c(-c2cccc(Cl)c2)nc1C(=O)N1CCN(c2ccc(CN(C)C)cn2)CC1. The maximum atomic E-state index is 13.1. The molecule has 0 aliphatic carbocycles. The number of hydrogen-bond donors (Lipinski definition) is 1. The maximum absolute atomic E-state index is 13.1. The van der Waals surface area contributed by atoms with Crippen molar-refractivity contribution < 1.29 is 4.79 Å². The van der Waals surface area contributed by atoms with Gasteiger partial charge in [0.05, 0.1) is 0 Å². The van der Waals surface area contributed by atoms with Crippen molar-refractivity contribution in [3.8, 4) is 11.4 Å². The normalized spacial score (nSPS) is 14.4. The molecule has 0 saturated carbocycles. The number of hydrogen-bond acceptors (Lipinski definition) is 5. The van der Waals surface area contributed by atoms with Gasteiger partial charge in [-0.1, -0.05) is 29.8 Å². The van der Waals surface area contributed by atoms with Crippen molar-refractivity contribution in [2.45, 2.75) is 13.5 Å². The van der Waals surface area contributed by atoms with Gasteiger partial charge in [0.25, 0.3) is 5.91 Å². The second-order valence-corrected chi connectivity index (χ2v) is 8.55. The predicted molar refractivity (Wildman–Crippen MR) is 124 cm³/mol. The molecule has 162 valence electrons. The molecular weight excluding hydrogens is 412 g/mol. The van der Waals surface area contributed by atoms with Crippen LogP contribution >= 0.6 is 11.6 Å². The number of anilines is 1. The number of amides is 1. The first-order valence-corrected chi connectivity index (χ1v) is 10.7. The molecule has 1 aromatic carbocycles. The zero-order valence-electron chi connectivity index (χ0n) is 18.1. The van der Waals surface area contributed by atoms with Crippen LogP contribution in [0.25, 0.3) is 11.4 Å². The summed E-state index contributed by atoms with van der Waals surface area (Å²) in [5.74, 6) is 1.56. The molecule has 1 aliphatic heterocycles. The number of aryl methyl sites for hydroxylation is 1. The number of carbonyl (C=O) groups is 1. The molecule has 1 saturated heterocycles.